The van der Waals surface area contributed by atoms with Crippen LogP contribution in [0.3, 0.4) is 0 Å². The van der Waals surface area contributed by atoms with Gasteiger partial charge in [-0.3, -0.25) is 4.99 Å². The minimum atomic E-state index is 0.0561. The van der Waals surface area contributed by atoms with Crippen molar-refractivity contribution >= 4 is 5.96 Å². The maximum Gasteiger partial charge on any atom is 0.212 e. The Hall–Kier alpha value is -2.60. The van der Waals surface area contributed by atoms with Gasteiger partial charge in [0.25, 0.3) is 0 Å². The maximum atomic E-state index is 6.05. The largest absolute Gasteiger partial charge is 0.481 e. The van der Waals surface area contributed by atoms with Crippen LogP contribution in [0.4, 0.5) is 0 Å². The number of rotatable bonds is 4. The molecule has 6 nitrogen and oxygen atoms in total. The molecule has 27 heavy (non-hydrogen) atoms. The van der Waals surface area contributed by atoms with E-state index in [4.69, 9.17) is 9.47 Å². The Morgan fingerprint density at radius 2 is 2.19 bits per heavy atom. The highest BCUT2D eigenvalue weighted by Crippen LogP contribution is 2.26. The van der Waals surface area contributed by atoms with Gasteiger partial charge < -0.3 is 19.7 Å². The smallest absolute Gasteiger partial charge is 0.212 e. The highest BCUT2D eigenvalue weighted by Gasteiger charge is 2.25. The zero-order valence-corrected chi connectivity index (χ0v) is 16.5. The molecule has 1 aromatic heterocycles. The number of nitrogens with one attached hydrogen (secondary N) is 1. The lowest BCUT2D eigenvalue weighted by atomic mass is 10.00. The van der Waals surface area contributed by atoms with E-state index in [9.17, 15) is 0 Å². The van der Waals surface area contributed by atoms with Crippen LogP contribution in [-0.2, 0) is 11.3 Å². The average Bonchev–Trinajstić information content (AvgIpc) is 2.69. The summed E-state index contributed by atoms with van der Waals surface area (Å²) in [5, 5.41) is 3.43. The molecule has 0 amide bonds. The van der Waals surface area contributed by atoms with Gasteiger partial charge in [-0.25, -0.2) is 4.98 Å². The van der Waals surface area contributed by atoms with Crippen LogP contribution in [-0.4, -0.2) is 49.7 Å². The van der Waals surface area contributed by atoms with E-state index in [-0.39, 0.29) is 6.10 Å². The first-order valence-electron chi connectivity index (χ1n) is 9.24. The molecule has 0 radical (unpaired) electrons. The highest BCUT2D eigenvalue weighted by molar-refractivity contribution is 5.80. The topological polar surface area (TPSA) is 59.0 Å². The van der Waals surface area contributed by atoms with E-state index >= 15 is 0 Å². The van der Waals surface area contributed by atoms with Gasteiger partial charge >= 0.3 is 0 Å². The number of aromatic nitrogens is 1. The zero-order chi connectivity index (χ0) is 19.2. The molecule has 2 aromatic rings. The molecule has 144 valence electrons. The lowest BCUT2D eigenvalue weighted by Gasteiger charge is -2.35. The van der Waals surface area contributed by atoms with Crippen LogP contribution in [0, 0.1) is 13.8 Å². The summed E-state index contributed by atoms with van der Waals surface area (Å²) < 4.78 is 11.2. The predicted octanol–water partition coefficient (Wildman–Crippen LogP) is 2.86. The van der Waals surface area contributed by atoms with Crippen molar-refractivity contribution in [1.29, 1.82) is 0 Å². The standard InChI is InChI=1S/C21H28N4O2/c1-15-5-7-18(16(2)11-15)19-14-25(9-10-27-19)21(22-3)24-13-17-6-8-20(26-4)23-12-17/h5-8,11-12,19H,9-10,13-14H2,1-4H3,(H,22,24). The molecule has 0 bridgehead atoms. The van der Waals surface area contributed by atoms with Gasteiger partial charge in [-0.1, -0.05) is 29.8 Å². The van der Waals surface area contributed by atoms with Crippen LogP contribution in [0.1, 0.15) is 28.4 Å². The van der Waals surface area contributed by atoms with E-state index in [1.807, 2.05) is 25.4 Å². The van der Waals surface area contributed by atoms with Crippen molar-refractivity contribution < 1.29 is 9.47 Å². The first kappa shape index (κ1) is 19.2. The van der Waals surface area contributed by atoms with E-state index in [0.29, 0.717) is 19.0 Å². The van der Waals surface area contributed by atoms with Crippen molar-refractivity contribution in [3.8, 4) is 5.88 Å². The van der Waals surface area contributed by atoms with Crippen LogP contribution >= 0.6 is 0 Å². The van der Waals surface area contributed by atoms with Crippen molar-refractivity contribution in [2.75, 3.05) is 33.9 Å². The van der Waals surface area contributed by atoms with Crippen molar-refractivity contribution in [2.45, 2.75) is 26.5 Å². The number of nitrogens with zero attached hydrogens (tertiary/aromatic N) is 3. The predicted molar refractivity (Wildman–Crippen MR) is 107 cm³/mol. The fourth-order valence-electron chi connectivity index (χ4n) is 3.37. The molecule has 1 saturated heterocycles. The number of morpholine rings is 1. The van der Waals surface area contributed by atoms with Gasteiger partial charge in [0, 0.05) is 32.4 Å². The van der Waals surface area contributed by atoms with Crippen LogP contribution in [0.5, 0.6) is 5.88 Å². The quantitative estimate of drug-likeness (QED) is 0.664. The number of aryl methyl sites for hydroxylation is 2. The number of guanidine groups is 1. The van der Waals surface area contributed by atoms with Gasteiger partial charge in [0.1, 0.15) is 6.10 Å². The Labute approximate surface area is 161 Å². The fourth-order valence-corrected chi connectivity index (χ4v) is 3.37. The van der Waals surface area contributed by atoms with Gasteiger partial charge in [0.2, 0.25) is 5.88 Å². The molecule has 1 N–H and O–H groups in total. The van der Waals surface area contributed by atoms with Crippen molar-refractivity contribution in [3.05, 3.63) is 58.8 Å². The SMILES string of the molecule is CN=C(NCc1ccc(OC)nc1)N1CCOC(c2ccc(C)cc2C)C1. The first-order valence-corrected chi connectivity index (χ1v) is 9.24. The molecule has 6 heteroatoms. The summed E-state index contributed by atoms with van der Waals surface area (Å²) in [4.78, 5) is 11.0. The van der Waals surface area contributed by atoms with E-state index in [1.165, 1.54) is 16.7 Å². The first-order chi connectivity index (χ1) is 13.1. The van der Waals surface area contributed by atoms with Crippen molar-refractivity contribution in [2.24, 2.45) is 4.99 Å². The molecular formula is C21H28N4O2. The molecular weight excluding hydrogens is 340 g/mol. The lowest BCUT2D eigenvalue weighted by molar-refractivity contribution is -0.00834. The Morgan fingerprint density at radius 1 is 1.33 bits per heavy atom. The Balaban J connectivity index is 1.64. The van der Waals surface area contributed by atoms with Crippen LogP contribution in [0.25, 0.3) is 0 Å². The second-order valence-electron chi connectivity index (χ2n) is 6.78. The molecule has 1 fully saturated rings. The number of aliphatic imine (C=N–C) groups is 1. The summed E-state index contributed by atoms with van der Waals surface area (Å²) in [5.41, 5.74) is 4.87. The van der Waals surface area contributed by atoms with Gasteiger partial charge in [-0.15, -0.1) is 0 Å². The highest BCUT2D eigenvalue weighted by atomic mass is 16.5. The van der Waals surface area contributed by atoms with Gasteiger partial charge in [-0.2, -0.15) is 0 Å². The number of ether oxygens (including phenoxy) is 2. The summed E-state index contributed by atoms with van der Waals surface area (Å²) in [6.07, 6.45) is 1.87. The maximum absolute atomic E-state index is 6.05. The monoisotopic (exact) mass is 368 g/mol. The third kappa shape index (κ3) is 4.77. The Morgan fingerprint density at radius 3 is 2.85 bits per heavy atom. The summed E-state index contributed by atoms with van der Waals surface area (Å²) in [6.45, 7) is 7.21. The summed E-state index contributed by atoms with van der Waals surface area (Å²) in [5.74, 6) is 1.50. The number of pyridine rings is 1. The minimum Gasteiger partial charge on any atom is -0.481 e. The second kappa shape index (κ2) is 8.86. The van der Waals surface area contributed by atoms with Gasteiger partial charge in [0.15, 0.2) is 5.96 Å². The molecule has 1 aromatic carbocycles. The molecule has 1 aliphatic heterocycles. The molecule has 1 atom stereocenters. The molecule has 1 aliphatic rings. The molecule has 1 unspecified atom stereocenters. The zero-order valence-electron chi connectivity index (χ0n) is 16.5. The second-order valence-corrected chi connectivity index (χ2v) is 6.78. The third-order valence-electron chi connectivity index (χ3n) is 4.81. The van der Waals surface area contributed by atoms with Crippen LogP contribution < -0.4 is 10.1 Å². The van der Waals surface area contributed by atoms with Gasteiger partial charge in [-0.05, 0) is 30.5 Å². The minimum absolute atomic E-state index is 0.0561. The fraction of sp³-hybridized carbons (Fsp3) is 0.429. The number of hydrogen-bond acceptors (Lipinski definition) is 4. The molecule has 0 saturated carbocycles. The van der Waals surface area contributed by atoms with E-state index in [1.54, 1.807) is 7.11 Å². The van der Waals surface area contributed by atoms with Crippen LogP contribution in [0.2, 0.25) is 0 Å². The van der Waals surface area contributed by atoms with Crippen LogP contribution in [0.15, 0.2) is 41.5 Å². The Bertz CT molecular complexity index is 789. The van der Waals surface area contributed by atoms with Crippen molar-refractivity contribution in [1.82, 2.24) is 15.2 Å². The average molecular weight is 368 g/mol. The molecule has 0 aliphatic carbocycles. The van der Waals surface area contributed by atoms with E-state index in [2.05, 4.69) is 52.2 Å². The Kier molecular flexibility index (Phi) is 6.29. The number of hydrogen-bond donors (Lipinski definition) is 1. The molecule has 0 spiro atoms. The number of benzene rings is 1. The van der Waals surface area contributed by atoms with E-state index < -0.39 is 0 Å². The van der Waals surface area contributed by atoms with E-state index in [0.717, 1.165) is 24.6 Å². The third-order valence-corrected chi connectivity index (χ3v) is 4.81. The summed E-state index contributed by atoms with van der Waals surface area (Å²) >= 11 is 0. The lowest BCUT2D eigenvalue weighted by Crippen LogP contribution is -2.48. The molecule has 3 rings (SSSR count). The summed E-state index contributed by atoms with van der Waals surface area (Å²) in [6, 6.07) is 10.4. The normalized spacial score (nSPS) is 17.7. The molecule has 2 heterocycles. The summed E-state index contributed by atoms with van der Waals surface area (Å²) in [7, 11) is 3.43. The van der Waals surface area contributed by atoms with Gasteiger partial charge in [0.05, 0.1) is 20.3 Å². The van der Waals surface area contributed by atoms with Crippen molar-refractivity contribution in [3.63, 3.8) is 0 Å². The number of methoxy groups -OCH3 is 1.